The number of benzene rings is 2. The van der Waals surface area contributed by atoms with Gasteiger partial charge in [0.2, 0.25) is 0 Å². The number of aromatic amines is 1. The molecule has 1 aromatic heterocycles. The fourth-order valence-corrected chi connectivity index (χ4v) is 3.92. The number of aliphatic hydroxyl groups excluding tert-OH is 1. The first kappa shape index (κ1) is 22.2. The molecule has 1 aliphatic rings. The summed E-state index contributed by atoms with van der Waals surface area (Å²) < 4.78 is 47.1. The van der Waals surface area contributed by atoms with Crippen molar-refractivity contribution in [3.05, 3.63) is 59.4 Å². The number of H-pyrrole nitrogens is 1. The molecule has 2 aromatic carbocycles. The lowest BCUT2D eigenvalue weighted by Crippen LogP contribution is -2.45. The summed E-state index contributed by atoms with van der Waals surface area (Å²) in [7, 11) is 0. The summed E-state index contributed by atoms with van der Waals surface area (Å²) in [6, 6.07) is 7.76. The van der Waals surface area contributed by atoms with E-state index in [9.17, 15) is 23.1 Å². The molecule has 1 atom stereocenters. The molecule has 1 fully saturated rings. The predicted octanol–water partition coefficient (Wildman–Crippen LogP) is 3.97. The van der Waals surface area contributed by atoms with Crippen molar-refractivity contribution in [2.75, 3.05) is 13.2 Å². The van der Waals surface area contributed by atoms with Crippen LogP contribution in [0.5, 0.6) is 0 Å². The highest BCUT2D eigenvalue weighted by molar-refractivity contribution is 5.92. The van der Waals surface area contributed by atoms with E-state index >= 15 is 0 Å². The number of hydrogen-bond donors (Lipinski definition) is 4. The van der Waals surface area contributed by atoms with Crippen LogP contribution in [0, 0.1) is 17.5 Å². The van der Waals surface area contributed by atoms with E-state index in [1.54, 1.807) is 12.1 Å². The average Bonchev–Trinajstić information content (AvgIpc) is 3.08. The van der Waals surface area contributed by atoms with Crippen molar-refractivity contribution in [2.45, 2.75) is 37.4 Å². The van der Waals surface area contributed by atoms with E-state index in [0.29, 0.717) is 35.0 Å². The zero-order chi connectivity index (χ0) is 23.0. The van der Waals surface area contributed by atoms with E-state index in [1.807, 2.05) is 0 Å². The minimum atomic E-state index is -1.45. The largest absolute Gasteiger partial charge is 0.446 e. The molecule has 3 aromatic rings. The predicted molar refractivity (Wildman–Crippen MR) is 112 cm³/mol. The molecule has 1 aliphatic carbocycles. The summed E-state index contributed by atoms with van der Waals surface area (Å²) in [5.41, 5.74) is 0.591. The Kier molecular flexibility index (Phi) is 5.87. The van der Waals surface area contributed by atoms with Gasteiger partial charge in [-0.15, -0.1) is 0 Å². The molecular formula is C23H23F3N2O4. The van der Waals surface area contributed by atoms with Crippen molar-refractivity contribution >= 4 is 17.0 Å². The number of fused-ring (bicyclic) bond motifs is 1. The van der Waals surface area contributed by atoms with E-state index in [1.165, 1.54) is 25.1 Å². The summed E-state index contributed by atoms with van der Waals surface area (Å²) in [6.45, 7) is 0.686. The Bertz CT molecular complexity index is 1140. The number of carbonyl (C=O) groups excluding carboxylic acids is 1. The smallest absolute Gasteiger partial charge is 0.407 e. The normalized spacial score (nSPS) is 19.9. The van der Waals surface area contributed by atoms with Gasteiger partial charge in [-0.2, -0.15) is 0 Å². The fraction of sp³-hybridized carbons (Fsp3) is 0.348. The molecule has 9 heteroatoms. The number of halogens is 3. The zero-order valence-electron chi connectivity index (χ0n) is 17.3. The average molecular weight is 448 g/mol. The van der Waals surface area contributed by atoms with Gasteiger partial charge in [-0.05, 0) is 67.1 Å². The van der Waals surface area contributed by atoms with Crippen molar-refractivity contribution in [3.63, 3.8) is 0 Å². The van der Waals surface area contributed by atoms with Gasteiger partial charge in [0, 0.05) is 11.5 Å². The van der Waals surface area contributed by atoms with E-state index in [4.69, 9.17) is 9.84 Å². The third-order valence-corrected chi connectivity index (χ3v) is 5.73. The van der Waals surface area contributed by atoms with Gasteiger partial charge >= 0.3 is 6.09 Å². The molecule has 1 saturated carbocycles. The summed E-state index contributed by atoms with van der Waals surface area (Å²) in [4.78, 5) is 15.0. The van der Waals surface area contributed by atoms with Gasteiger partial charge in [-0.1, -0.05) is 0 Å². The summed E-state index contributed by atoms with van der Waals surface area (Å²) in [6.07, 6.45) is -0.271. The number of carbonyl (C=O) groups is 1. The second kappa shape index (κ2) is 8.48. The Balaban J connectivity index is 1.55. The third-order valence-electron chi connectivity index (χ3n) is 5.73. The number of rotatable bonds is 6. The maximum absolute atomic E-state index is 14.4. The molecule has 1 heterocycles. The van der Waals surface area contributed by atoms with Gasteiger partial charge in [0.25, 0.3) is 0 Å². The molecule has 0 aliphatic heterocycles. The molecule has 4 N–H and O–H groups in total. The molecule has 1 unspecified atom stereocenters. The highest BCUT2D eigenvalue weighted by Gasteiger charge is 2.37. The second-order valence-corrected chi connectivity index (χ2v) is 8.43. The van der Waals surface area contributed by atoms with Crippen LogP contribution >= 0.6 is 0 Å². The maximum Gasteiger partial charge on any atom is 0.407 e. The van der Waals surface area contributed by atoms with Gasteiger partial charge in [0.1, 0.15) is 29.2 Å². The fourth-order valence-electron chi connectivity index (χ4n) is 3.92. The lowest BCUT2D eigenvalue weighted by atomic mass is 9.75. The molecule has 6 nitrogen and oxygen atoms in total. The van der Waals surface area contributed by atoms with Gasteiger partial charge in [-0.3, -0.25) is 0 Å². The molecule has 0 saturated heterocycles. The van der Waals surface area contributed by atoms with Gasteiger partial charge in [0.05, 0.1) is 24.4 Å². The Morgan fingerprint density at radius 1 is 1.19 bits per heavy atom. The van der Waals surface area contributed by atoms with E-state index < -0.39 is 41.9 Å². The molecule has 0 radical (unpaired) electrons. The number of aromatic nitrogens is 1. The summed E-state index contributed by atoms with van der Waals surface area (Å²) in [5.74, 6) is -1.98. The molecule has 1 amide bonds. The van der Waals surface area contributed by atoms with Crippen molar-refractivity contribution in [2.24, 2.45) is 0 Å². The molecule has 32 heavy (non-hydrogen) atoms. The van der Waals surface area contributed by atoms with Crippen LogP contribution in [-0.4, -0.2) is 46.1 Å². The van der Waals surface area contributed by atoms with Crippen molar-refractivity contribution in [1.82, 2.24) is 10.3 Å². The standard InChI is InChI=1S/C23H23F3N2O4/c1-23(31,11-29)10-27-22(30)32-16-6-13(7-16)19-17-8-15(25)9-18(26)21(17)28-20(19)12-2-4-14(24)5-3-12/h2-5,8-9,13,16,28-29,31H,6-7,10-11H2,1H3,(H,27,30)/t13-,16-,23?. The van der Waals surface area contributed by atoms with Gasteiger partial charge < -0.3 is 25.3 Å². The van der Waals surface area contributed by atoms with Crippen LogP contribution in [0.15, 0.2) is 36.4 Å². The molecular weight excluding hydrogens is 425 g/mol. The third kappa shape index (κ3) is 4.44. The number of amides is 1. The monoisotopic (exact) mass is 448 g/mol. The van der Waals surface area contributed by atoms with Crippen molar-refractivity contribution in [1.29, 1.82) is 0 Å². The number of alkyl carbamates (subject to hydrolysis) is 1. The van der Waals surface area contributed by atoms with Crippen LogP contribution < -0.4 is 5.32 Å². The van der Waals surface area contributed by atoms with E-state index in [0.717, 1.165) is 6.07 Å². The van der Waals surface area contributed by atoms with Crippen LogP contribution in [0.4, 0.5) is 18.0 Å². The van der Waals surface area contributed by atoms with Crippen LogP contribution in [0.25, 0.3) is 22.2 Å². The number of nitrogens with one attached hydrogen (secondary N) is 2. The molecule has 170 valence electrons. The lowest BCUT2D eigenvalue weighted by Gasteiger charge is -2.35. The van der Waals surface area contributed by atoms with E-state index in [2.05, 4.69) is 10.3 Å². The van der Waals surface area contributed by atoms with Crippen LogP contribution in [0.3, 0.4) is 0 Å². The minimum absolute atomic E-state index is 0.136. The topological polar surface area (TPSA) is 94.6 Å². The minimum Gasteiger partial charge on any atom is -0.446 e. The Morgan fingerprint density at radius 3 is 2.53 bits per heavy atom. The van der Waals surface area contributed by atoms with Crippen molar-refractivity contribution < 1.29 is 32.9 Å². The summed E-state index contributed by atoms with van der Waals surface area (Å²) in [5, 5.41) is 21.6. The van der Waals surface area contributed by atoms with Crippen LogP contribution in [-0.2, 0) is 4.74 Å². The Hall–Kier alpha value is -3.04. The quantitative estimate of drug-likeness (QED) is 0.459. The number of hydrogen-bond acceptors (Lipinski definition) is 4. The molecule has 0 bridgehead atoms. The maximum atomic E-state index is 14.4. The molecule has 0 spiro atoms. The van der Waals surface area contributed by atoms with Gasteiger partial charge in [0.15, 0.2) is 0 Å². The van der Waals surface area contributed by atoms with Gasteiger partial charge in [-0.25, -0.2) is 18.0 Å². The first-order valence-electron chi connectivity index (χ1n) is 10.2. The first-order chi connectivity index (χ1) is 15.2. The highest BCUT2D eigenvalue weighted by atomic mass is 19.1. The van der Waals surface area contributed by atoms with E-state index in [-0.39, 0.29) is 18.0 Å². The Morgan fingerprint density at radius 2 is 1.88 bits per heavy atom. The summed E-state index contributed by atoms with van der Waals surface area (Å²) >= 11 is 0. The number of aliphatic hydroxyl groups is 2. The second-order valence-electron chi connectivity index (χ2n) is 8.43. The van der Waals surface area contributed by atoms with Crippen molar-refractivity contribution in [3.8, 4) is 11.3 Å². The zero-order valence-corrected chi connectivity index (χ0v) is 17.3. The van der Waals surface area contributed by atoms with Crippen LogP contribution in [0.2, 0.25) is 0 Å². The SMILES string of the molecule is CC(O)(CO)CNC(=O)O[C@H]1C[C@H](c2c(-c3ccc(F)cc3)[nH]c3c(F)cc(F)cc32)C1. The Labute approximate surface area is 182 Å². The number of ether oxygens (including phenoxy) is 1. The van der Waals surface area contributed by atoms with Crippen LogP contribution in [0.1, 0.15) is 31.2 Å². The molecule has 4 rings (SSSR count). The highest BCUT2D eigenvalue weighted by Crippen LogP contribution is 2.46. The first-order valence-corrected chi connectivity index (χ1v) is 10.2. The lowest BCUT2D eigenvalue weighted by molar-refractivity contribution is -0.00343.